The lowest BCUT2D eigenvalue weighted by Gasteiger charge is -2.34. The Kier molecular flexibility index (Phi) is 6.27. The smallest absolute Gasteiger partial charge is 0.410 e. The summed E-state index contributed by atoms with van der Waals surface area (Å²) in [5, 5.41) is 0. The summed E-state index contributed by atoms with van der Waals surface area (Å²) in [6.45, 7) is 13.2. The maximum Gasteiger partial charge on any atom is 0.410 e. The van der Waals surface area contributed by atoms with Crippen LogP contribution in [0.1, 0.15) is 86.1 Å². The van der Waals surface area contributed by atoms with E-state index in [0.29, 0.717) is 49.4 Å². The molecule has 1 aromatic heterocycles. The van der Waals surface area contributed by atoms with E-state index in [1.54, 1.807) is 16.8 Å². The van der Waals surface area contributed by atoms with Crippen molar-refractivity contribution in [2.45, 2.75) is 72.8 Å². The zero-order valence-electron chi connectivity index (χ0n) is 20.0. The maximum absolute atomic E-state index is 13.3. The van der Waals surface area contributed by atoms with Gasteiger partial charge in [0.1, 0.15) is 11.4 Å². The first-order valence-electron chi connectivity index (χ1n) is 11.2. The van der Waals surface area contributed by atoms with Crippen LogP contribution < -0.4 is 0 Å². The van der Waals surface area contributed by atoms with Gasteiger partial charge in [-0.25, -0.2) is 4.79 Å². The van der Waals surface area contributed by atoms with Crippen LogP contribution >= 0.6 is 0 Å². The summed E-state index contributed by atoms with van der Waals surface area (Å²) in [5.74, 6) is 0.988. The summed E-state index contributed by atoms with van der Waals surface area (Å²) in [5.41, 5.74) is 0.563. The molecule has 0 N–H and O–H groups in total. The number of likely N-dealkylation sites (tertiary alicyclic amines) is 1. The lowest BCUT2D eigenvalue weighted by Crippen LogP contribution is -2.45. The molecule has 2 amide bonds. The molecule has 1 aliphatic carbocycles. The van der Waals surface area contributed by atoms with Gasteiger partial charge in [0.25, 0.3) is 5.91 Å². The van der Waals surface area contributed by atoms with Crippen molar-refractivity contribution in [3.63, 3.8) is 0 Å². The fraction of sp³-hybridized carbons (Fsp3) is 0.708. The average Bonchev–Trinajstić information content (AvgIpc) is 2.95. The van der Waals surface area contributed by atoms with Gasteiger partial charge in [0.05, 0.1) is 5.56 Å². The van der Waals surface area contributed by atoms with Gasteiger partial charge in [-0.15, -0.1) is 0 Å². The van der Waals surface area contributed by atoms with Crippen molar-refractivity contribution in [3.05, 3.63) is 22.6 Å². The Morgan fingerprint density at radius 2 is 1.94 bits per heavy atom. The van der Waals surface area contributed by atoms with E-state index in [4.69, 9.17) is 9.15 Å². The molecule has 0 radical (unpaired) electrons. The fourth-order valence-electron chi connectivity index (χ4n) is 4.63. The summed E-state index contributed by atoms with van der Waals surface area (Å²) in [7, 11) is 1.73. The SMILES string of the molecule is Cc1c(C(=O)N2CCCC(CN(C)C(=O)OC(C)(C)C)C2)oc2c1C(=O)CC(C)(C)C2. The molecule has 1 unspecified atom stereocenters. The number of amides is 2. The van der Waals surface area contributed by atoms with E-state index in [0.717, 1.165) is 12.8 Å². The van der Waals surface area contributed by atoms with Crippen LogP contribution in [0.25, 0.3) is 0 Å². The molecule has 7 heteroatoms. The van der Waals surface area contributed by atoms with Crippen molar-refractivity contribution in [3.8, 4) is 0 Å². The third kappa shape index (κ3) is 5.31. The highest BCUT2D eigenvalue weighted by atomic mass is 16.6. The monoisotopic (exact) mass is 432 g/mol. The Hall–Kier alpha value is -2.31. The Bertz CT molecular complexity index is 877. The molecule has 1 aromatic rings. The number of hydrogen-bond acceptors (Lipinski definition) is 5. The summed E-state index contributed by atoms with van der Waals surface area (Å²) in [4.78, 5) is 41.6. The number of hydrogen-bond donors (Lipinski definition) is 0. The molecule has 172 valence electrons. The van der Waals surface area contributed by atoms with Crippen molar-refractivity contribution in [2.75, 3.05) is 26.7 Å². The topological polar surface area (TPSA) is 80.1 Å². The minimum absolute atomic E-state index is 0.0575. The minimum atomic E-state index is -0.540. The average molecular weight is 433 g/mol. The third-order valence-corrected chi connectivity index (χ3v) is 6.01. The minimum Gasteiger partial charge on any atom is -0.455 e. The zero-order valence-corrected chi connectivity index (χ0v) is 20.0. The highest BCUT2D eigenvalue weighted by Crippen LogP contribution is 2.38. The van der Waals surface area contributed by atoms with Gasteiger partial charge >= 0.3 is 6.09 Å². The molecule has 1 aliphatic heterocycles. The molecule has 2 aliphatic rings. The lowest BCUT2D eigenvalue weighted by atomic mass is 9.76. The summed E-state index contributed by atoms with van der Waals surface area (Å²) in [6.07, 6.45) is 2.58. The molecule has 0 bridgehead atoms. The molecular formula is C24H36N2O5. The summed E-state index contributed by atoms with van der Waals surface area (Å²) in [6, 6.07) is 0. The van der Waals surface area contributed by atoms with Crippen molar-refractivity contribution in [1.82, 2.24) is 9.80 Å². The molecule has 2 heterocycles. The van der Waals surface area contributed by atoms with E-state index in [1.807, 2.05) is 41.5 Å². The standard InChI is InChI=1S/C24H36N2O5/c1-15-19-17(27)11-24(5,6)12-18(19)30-20(15)21(28)26-10-8-9-16(14-26)13-25(7)22(29)31-23(2,3)4/h16H,8-14H2,1-7H3. The van der Waals surface area contributed by atoms with Crippen molar-refractivity contribution >= 4 is 17.8 Å². The number of ketones is 1. The Balaban J connectivity index is 1.69. The molecular weight excluding hydrogens is 396 g/mol. The van der Waals surface area contributed by atoms with Gasteiger partial charge in [-0.3, -0.25) is 9.59 Å². The summed E-state index contributed by atoms with van der Waals surface area (Å²) < 4.78 is 11.4. The van der Waals surface area contributed by atoms with Gasteiger partial charge in [-0.1, -0.05) is 13.8 Å². The lowest BCUT2D eigenvalue weighted by molar-refractivity contribution is 0.0242. The fourth-order valence-corrected chi connectivity index (χ4v) is 4.63. The van der Waals surface area contributed by atoms with E-state index in [1.165, 1.54) is 0 Å². The second kappa shape index (κ2) is 8.32. The number of carbonyl (C=O) groups excluding carboxylic acids is 3. The van der Waals surface area contributed by atoms with Gasteiger partial charge in [0.2, 0.25) is 0 Å². The molecule has 3 rings (SSSR count). The predicted octanol–water partition coefficient (Wildman–Crippen LogP) is 4.46. The van der Waals surface area contributed by atoms with Crippen LogP contribution in [-0.4, -0.2) is 59.9 Å². The van der Waals surface area contributed by atoms with Crippen LogP contribution in [0.4, 0.5) is 4.79 Å². The largest absolute Gasteiger partial charge is 0.455 e. The van der Waals surface area contributed by atoms with Crippen molar-refractivity contribution < 1.29 is 23.5 Å². The Labute approximate surface area is 185 Å². The van der Waals surface area contributed by atoms with E-state index >= 15 is 0 Å². The molecule has 1 atom stereocenters. The van der Waals surface area contributed by atoms with E-state index < -0.39 is 5.60 Å². The number of ether oxygens (including phenoxy) is 1. The van der Waals surface area contributed by atoms with E-state index in [9.17, 15) is 14.4 Å². The number of furan rings is 1. The molecule has 31 heavy (non-hydrogen) atoms. The van der Waals surface area contributed by atoms with Gasteiger partial charge in [0, 0.05) is 45.1 Å². The van der Waals surface area contributed by atoms with Crippen LogP contribution in [0.2, 0.25) is 0 Å². The quantitative estimate of drug-likeness (QED) is 0.704. The van der Waals surface area contributed by atoms with Crippen molar-refractivity contribution in [2.24, 2.45) is 11.3 Å². The van der Waals surface area contributed by atoms with Crippen LogP contribution in [0.3, 0.4) is 0 Å². The number of nitrogens with zero attached hydrogens (tertiary/aromatic N) is 2. The number of fused-ring (bicyclic) bond motifs is 1. The van der Waals surface area contributed by atoms with Crippen LogP contribution in [0.5, 0.6) is 0 Å². The maximum atomic E-state index is 13.3. The predicted molar refractivity (Wildman–Crippen MR) is 117 cm³/mol. The van der Waals surface area contributed by atoms with Gasteiger partial charge < -0.3 is 19.0 Å². The van der Waals surface area contributed by atoms with Crippen molar-refractivity contribution in [1.29, 1.82) is 0 Å². The number of rotatable bonds is 3. The molecule has 1 saturated heterocycles. The van der Waals surface area contributed by atoms with Crippen LogP contribution in [0, 0.1) is 18.3 Å². The number of piperidine rings is 1. The third-order valence-electron chi connectivity index (χ3n) is 6.01. The van der Waals surface area contributed by atoms with E-state index in [2.05, 4.69) is 0 Å². The normalized spacial score (nSPS) is 20.9. The van der Waals surface area contributed by atoms with Crippen LogP contribution in [-0.2, 0) is 11.2 Å². The second-order valence-electron chi connectivity index (χ2n) is 10.9. The van der Waals surface area contributed by atoms with E-state index in [-0.39, 0.29) is 34.9 Å². The zero-order chi connectivity index (χ0) is 23.1. The van der Waals surface area contributed by atoms with Crippen LogP contribution in [0.15, 0.2) is 4.42 Å². The summed E-state index contributed by atoms with van der Waals surface area (Å²) >= 11 is 0. The molecule has 7 nitrogen and oxygen atoms in total. The van der Waals surface area contributed by atoms with Gasteiger partial charge in [0.15, 0.2) is 11.5 Å². The Morgan fingerprint density at radius 3 is 2.58 bits per heavy atom. The van der Waals surface area contributed by atoms with Gasteiger partial charge in [-0.05, 0) is 51.9 Å². The molecule has 0 spiro atoms. The molecule has 0 aromatic carbocycles. The first-order chi connectivity index (χ1) is 14.3. The van der Waals surface area contributed by atoms with Gasteiger partial charge in [-0.2, -0.15) is 0 Å². The number of Topliss-reactive ketones (excluding diaryl/α,β-unsaturated/α-hetero) is 1. The molecule has 1 fully saturated rings. The second-order valence-corrected chi connectivity index (χ2v) is 10.9. The first kappa shape index (κ1) is 23.4. The molecule has 0 saturated carbocycles. The Morgan fingerprint density at radius 1 is 1.26 bits per heavy atom. The number of carbonyl (C=O) groups is 3. The first-order valence-corrected chi connectivity index (χ1v) is 11.2. The highest BCUT2D eigenvalue weighted by molar-refractivity contribution is 6.03. The highest BCUT2D eigenvalue weighted by Gasteiger charge is 2.38.